The van der Waals surface area contributed by atoms with Gasteiger partial charge in [-0.25, -0.2) is 0 Å². The molecule has 0 bridgehead atoms. The van der Waals surface area contributed by atoms with Crippen molar-refractivity contribution in [3.8, 4) is 34.5 Å². The Hall–Kier alpha value is -4.07. The summed E-state index contributed by atoms with van der Waals surface area (Å²) in [5.41, 5.74) is 7.57. The topological polar surface area (TPSA) is 134 Å². The van der Waals surface area contributed by atoms with Gasteiger partial charge in [-0.3, -0.25) is 19.5 Å². The minimum atomic E-state index is -0.241. The van der Waals surface area contributed by atoms with Crippen molar-refractivity contribution in [3.05, 3.63) is 69.8 Å². The minimum Gasteiger partial charge on any atom is -0.504 e. The highest BCUT2D eigenvalue weighted by molar-refractivity contribution is 5.83. The van der Waals surface area contributed by atoms with Crippen LogP contribution in [0, 0.1) is 35.5 Å². The van der Waals surface area contributed by atoms with E-state index in [-0.39, 0.29) is 36.0 Å². The van der Waals surface area contributed by atoms with Gasteiger partial charge in [-0.2, -0.15) is 0 Å². The number of nitrogens with zero attached hydrogens (tertiary/aromatic N) is 3. The van der Waals surface area contributed by atoms with Gasteiger partial charge in [0, 0.05) is 69.7 Å². The molecule has 376 valence electrons. The molecular weight excluding hydrogens is 859 g/mol. The molecule has 68 heavy (non-hydrogen) atoms. The second kappa shape index (κ2) is 22.8. The maximum absolute atomic E-state index is 12.6. The van der Waals surface area contributed by atoms with Crippen LogP contribution in [0.15, 0.2) is 36.4 Å². The van der Waals surface area contributed by atoms with Crippen LogP contribution in [0.25, 0.3) is 0 Å². The number of hydrogen-bond acceptors (Lipinski definition) is 12. The van der Waals surface area contributed by atoms with Crippen LogP contribution in [0.1, 0.15) is 132 Å². The van der Waals surface area contributed by atoms with E-state index in [2.05, 4.69) is 80.5 Å². The van der Waals surface area contributed by atoms with E-state index in [4.69, 9.17) is 23.7 Å². The average Bonchev–Trinajstić information content (AvgIpc) is 3.31. The average molecular weight is 942 g/mol. The summed E-state index contributed by atoms with van der Waals surface area (Å²) >= 11 is 0. The maximum Gasteiger partial charge on any atom is 0.161 e. The van der Waals surface area contributed by atoms with Gasteiger partial charge in [0.2, 0.25) is 0 Å². The van der Waals surface area contributed by atoms with Crippen LogP contribution in [0.2, 0.25) is 0 Å². The van der Waals surface area contributed by atoms with E-state index in [1.807, 2.05) is 12.1 Å². The fourth-order valence-electron chi connectivity index (χ4n) is 12.4. The number of phenols is 1. The fraction of sp³-hybridized carbons (Fsp3) is 0.661. The first-order valence-electron chi connectivity index (χ1n) is 25.6. The first-order valence-corrected chi connectivity index (χ1v) is 25.6. The number of aliphatic hydroxyl groups excluding tert-OH is 2. The SMILES string of the molecule is COc1cc2c(cc1O)CCN1CC(CC(C)C)C(O)CC21.COc1cc2c(cc1OC)C1CC(=O)C(CC(C)C)CN1CC2.COc1cc2c(cc1OC)C1CC(O)C(CC(C)C)CN1CC2. The van der Waals surface area contributed by atoms with Crippen molar-refractivity contribution in [2.24, 2.45) is 35.5 Å². The molecule has 12 nitrogen and oxygen atoms in total. The normalized spacial score (nSPS) is 26.7. The third-order valence-electron chi connectivity index (χ3n) is 15.7. The molecule has 6 aliphatic rings. The number of carbonyl (C=O) groups is 1. The van der Waals surface area contributed by atoms with E-state index >= 15 is 0 Å². The van der Waals surface area contributed by atoms with E-state index in [9.17, 15) is 20.1 Å². The number of hydrogen-bond donors (Lipinski definition) is 3. The molecular formula is C56H83N3O9. The van der Waals surface area contributed by atoms with Crippen molar-refractivity contribution in [1.29, 1.82) is 0 Å². The fourth-order valence-corrected chi connectivity index (χ4v) is 12.4. The molecule has 9 rings (SSSR count). The van der Waals surface area contributed by atoms with E-state index in [0.29, 0.717) is 53.6 Å². The molecule has 3 aromatic rings. The van der Waals surface area contributed by atoms with E-state index in [1.54, 1.807) is 35.5 Å². The molecule has 8 unspecified atom stereocenters. The van der Waals surface area contributed by atoms with Gasteiger partial charge in [0.25, 0.3) is 0 Å². The van der Waals surface area contributed by atoms with E-state index < -0.39 is 0 Å². The van der Waals surface area contributed by atoms with Crippen molar-refractivity contribution in [2.45, 2.75) is 130 Å². The zero-order valence-electron chi connectivity index (χ0n) is 43.1. The highest BCUT2D eigenvalue weighted by Crippen LogP contribution is 2.46. The van der Waals surface area contributed by atoms with E-state index in [0.717, 1.165) is 114 Å². The molecule has 0 radical (unpaired) electrons. The van der Waals surface area contributed by atoms with Gasteiger partial charge in [0.1, 0.15) is 5.78 Å². The van der Waals surface area contributed by atoms with Crippen molar-refractivity contribution < 1.29 is 43.8 Å². The summed E-state index contributed by atoms with van der Waals surface area (Å²) in [5.74, 6) is 7.06. The van der Waals surface area contributed by atoms with Crippen molar-refractivity contribution in [1.82, 2.24) is 14.7 Å². The molecule has 6 heterocycles. The van der Waals surface area contributed by atoms with Gasteiger partial charge in [0.15, 0.2) is 34.5 Å². The maximum atomic E-state index is 12.6. The molecule has 3 N–H and O–H groups in total. The summed E-state index contributed by atoms with van der Waals surface area (Å²) in [4.78, 5) is 20.1. The standard InChI is InChI=1S/C19H29NO3.C19H27NO3.C18H27NO3/c2*1-12(2)7-14-11-20-6-5-13-8-18(22-3)19(23-4)9-15(13)16(20)10-17(14)21;1-11(2)6-13-10-19-5-4-12-7-17(21)18(22-3)8-14(12)15(19)9-16(13)20/h8-9,12,14,16-17,21H,5-7,10-11H2,1-4H3;8-9,12,14,16H,5-7,10-11H2,1-4H3;7-8,11,13,15-16,20-21H,4-6,9-10H2,1-3H3. The third kappa shape index (κ3) is 11.6. The number of aromatic hydroxyl groups is 1. The van der Waals surface area contributed by atoms with Gasteiger partial charge in [-0.15, -0.1) is 0 Å². The van der Waals surface area contributed by atoms with Gasteiger partial charge >= 0.3 is 0 Å². The number of aliphatic hydroxyl groups is 2. The van der Waals surface area contributed by atoms with Crippen molar-refractivity contribution >= 4 is 5.78 Å². The molecule has 0 aliphatic carbocycles. The van der Waals surface area contributed by atoms with Crippen LogP contribution in [-0.2, 0) is 24.1 Å². The Labute approximate surface area is 407 Å². The molecule has 3 saturated heterocycles. The van der Waals surface area contributed by atoms with Crippen LogP contribution < -0.4 is 23.7 Å². The summed E-state index contributed by atoms with van der Waals surface area (Å²) in [6.07, 6.45) is 7.95. The highest BCUT2D eigenvalue weighted by Gasteiger charge is 2.41. The predicted molar refractivity (Wildman–Crippen MR) is 268 cm³/mol. The summed E-state index contributed by atoms with van der Waals surface area (Å²) in [7, 11) is 8.27. The Morgan fingerprint density at radius 3 is 1.29 bits per heavy atom. The lowest BCUT2D eigenvalue weighted by molar-refractivity contribution is -0.129. The van der Waals surface area contributed by atoms with Crippen molar-refractivity contribution in [2.75, 3.05) is 74.8 Å². The Balaban J connectivity index is 0.000000151. The Bertz CT molecular complexity index is 2180. The monoisotopic (exact) mass is 942 g/mol. The van der Waals surface area contributed by atoms with Gasteiger partial charge in [0.05, 0.1) is 47.8 Å². The lowest BCUT2D eigenvalue weighted by atomic mass is 9.79. The number of benzene rings is 3. The number of fused-ring (bicyclic) bond motifs is 9. The number of methoxy groups -OCH3 is 5. The second-order valence-electron chi connectivity index (χ2n) is 21.7. The van der Waals surface area contributed by atoms with E-state index in [1.165, 1.54) is 33.4 Å². The number of ether oxygens (including phenoxy) is 5. The largest absolute Gasteiger partial charge is 0.504 e. The third-order valence-corrected chi connectivity index (χ3v) is 15.7. The number of Topliss-reactive ketones (excluding diaryl/α,β-unsaturated/α-hetero) is 1. The first-order chi connectivity index (χ1) is 32.5. The molecule has 0 amide bonds. The lowest BCUT2D eigenvalue weighted by Crippen LogP contribution is -2.48. The van der Waals surface area contributed by atoms with Crippen LogP contribution in [0.3, 0.4) is 0 Å². The van der Waals surface area contributed by atoms with Crippen LogP contribution in [0.4, 0.5) is 0 Å². The number of phenolic OH excluding ortho intramolecular Hbond substituents is 1. The number of piperidine rings is 3. The Morgan fingerprint density at radius 2 is 0.882 bits per heavy atom. The number of ketones is 1. The summed E-state index contributed by atoms with van der Waals surface area (Å²) < 4.78 is 27.0. The Morgan fingerprint density at radius 1 is 0.515 bits per heavy atom. The Kier molecular flexibility index (Phi) is 17.3. The summed E-state index contributed by atoms with van der Waals surface area (Å²) in [6, 6.07) is 12.9. The predicted octanol–water partition coefficient (Wildman–Crippen LogP) is 8.99. The first kappa shape index (κ1) is 51.8. The van der Waals surface area contributed by atoms with Crippen LogP contribution >= 0.6 is 0 Å². The molecule has 0 saturated carbocycles. The summed E-state index contributed by atoms with van der Waals surface area (Å²) in [6.45, 7) is 19.3. The zero-order valence-corrected chi connectivity index (χ0v) is 43.1. The smallest absolute Gasteiger partial charge is 0.161 e. The molecule has 3 aromatic carbocycles. The molecule has 8 atom stereocenters. The molecule has 0 aromatic heterocycles. The molecule has 6 aliphatic heterocycles. The second-order valence-corrected chi connectivity index (χ2v) is 21.7. The minimum absolute atomic E-state index is 0.202. The number of rotatable bonds is 11. The molecule has 12 heteroatoms. The molecule has 3 fully saturated rings. The molecule has 0 spiro atoms. The van der Waals surface area contributed by atoms with Gasteiger partial charge in [-0.05, 0) is 151 Å². The van der Waals surface area contributed by atoms with Crippen LogP contribution in [-0.4, -0.2) is 123 Å². The lowest BCUT2D eigenvalue weighted by Gasteiger charge is -2.46. The highest BCUT2D eigenvalue weighted by atomic mass is 16.5. The van der Waals surface area contributed by atoms with Gasteiger partial charge < -0.3 is 39.0 Å². The number of carbonyl (C=O) groups excluding carboxylic acids is 1. The van der Waals surface area contributed by atoms with Crippen LogP contribution in [0.5, 0.6) is 34.5 Å². The van der Waals surface area contributed by atoms with Gasteiger partial charge in [-0.1, -0.05) is 41.5 Å². The summed E-state index contributed by atoms with van der Waals surface area (Å²) in [5, 5.41) is 31.2. The zero-order chi connectivity index (χ0) is 49.0. The quantitative estimate of drug-likeness (QED) is 0.170. The van der Waals surface area contributed by atoms with Crippen molar-refractivity contribution in [3.63, 3.8) is 0 Å².